The Bertz CT molecular complexity index is 689. The summed E-state index contributed by atoms with van der Waals surface area (Å²) in [5, 5.41) is 3.68. The summed E-state index contributed by atoms with van der Waals surface area (Å²) in [4.78, 5) is 0. The molecule has 1 N–H and O–H groups in total. The summed E-state index contributed by atoms with van der Waals surface area (Å²) in [7, 11) is 1.70. The average Bonchev–Trinajstić information content (AvgIpc) is 2.54. The van der Waals surface area contributed by atoms with Crippen LogP contribution in [0.3, 0.4) is 0 Å². The van der Waals surface area contributed by atoms with E-state index in [0.29, 0.717) is 6.61 Å². The maximum absolute atomic E-state index is 5.79. The van der Waals surface area contributed by atoms with Gasteiger partial charge in [0.25, 0.3) is 0 Å². The van der Waals surface area contributed by atoms with E-state index in [4.69, 9.17) is 9.47 Å². The number of hydrogen-bond donors (Lipinski definition) is 1. The molecule has 0 aromatic heterocycles. The summed E-state index contributed by atoms with van der Waals surface area (Å²) < 4.78 is 11.3. The first-order valence-corrected chi connectivity index (χ1v) is 8.28. The number of rotatable bonds is 4. The fraction of sp³-hybridized carbons (Fsp3) is 0.400. The van der Waals surface area contributed by atoms with Gasteiger partial charge in [-0.15, -0.1) is 0 Å². The molecule has 0 saturated heterocycles. The van der Waals surface area contributed by atoms with Crippen LogP contribution in [-0.4, -0.2) is 20.3 Å². The Balaban J connectivity index is 2.13. The minimum atomic E-state index is 0.213. The van der Waals surface area contributed by atoms with Gasteiger partial charge in [0.15, 0.2) is 11.5 Å². The van der Waals surface area contributed by atoms with Crippen molar-refractivity contribution in [3.8, 4) is 11.5 Å². The van der Waals surface area contributed by atoms with Crippen LogP contribution in [0.25, 0.3) is 0 Å². The highest BCUT2D eigenvalue weighted by atomic mass is 16.5. The van der Waals surface area contributed by atoms with Crippen LogP contribution < -0.4 is 14.8 Å². The molecule has 1 aliphatic rings. The zero-order chi connectivity index (χ0) is 16.4. The molecule has 0 fully saturated rings. The van der Waals surface area contributed by atoms with Crippen LogP contribution in [0.5, 0.6) is 11.5 Å². The van der Waals surface area contributed by atoms with Crippen molar-refractivity contribution >= 4 is 0 Å². The minimum absolute atomic E-state index is 0.213. The van der Waals surface area contributed by atoms with Gasteiger partial charge in [0.05, 0.1) is 19.8 Å². The quantitative estimate of drug-likeness (QED) is 0.927. The van der Waals surface area contributed by atoms with Gasteiger partial charge in [-0.3, -0.25) is 0 Å². The second kappa shape index (κ2) is 6.63. The fourth-order valence-corrected chi connectivity index (χ4v) is 3.53. The van der Waals surface area contributed by atoms with Crippen molar-refractivity contribution in [2.45, 2.75) is 33.2 Å². The maximum Gasteiger partial charge on any atom is 0.161 e. The number of aryl methyl sites for hydroxylation is 2. The number of ether oxygens (including phenoxy) is 2. The molecule has 1 heterocycles. The highest BCUT2D eigenvalue weighted by molar-refractivity contribution is 5.53. The molecule has 1 unspecified atom stereocenters. The van der Waals surface area contributed by atoms with Crippen LogP contribution >= 0.6 is 0 Å². The van der Waals surface area contributed by atoms with Gasteiger partial charge in [-0.05, 0) is 67.1 Å². The van der Waals surface area contributed by atoms with Crippen molar-refractivity contribution < 1.29 is 9.47 Å². The van der Waals surface area contributed by atoms with Crippen molar-refractivity contribution in [1.29, 1.82) is 0 Å². The molecule has 0 bridgehead atoms. The number of nitrogens with one attached hydrogen (secondary N) is 1. The van der Waals surface area contributed by atoms with Gasteiger partial charge in [0.1, 0.15) is 0 Å². The van der Waals surface area contributed by atoms with Crippen LogP contribution in [0.2, 0.25) is 0 Å². The van der Waals surface area contributed by atoms with Gasteiger partial charge in [-0.25, -0.2) is 0 Å². The molecular formula is C20H25NO2. The second-order valence-corrected chi connectivity index (χ2v) is 6.08. The lowest BCUT2D eigenvalue weighted by Gasteiger charge is -2.30. The topological polar surface area (TPSA) is 30.5 Å². The van der Waals surface area contributed by atoms with E-state index in [1.54, 1.807) is 7.11 Å². The fourth-order valence-electron chi connectivity index (χ4n) is 3.53. The van der Waals surface area contributed by atoms with Crippen molar-refractivity contribution in [2.75, 3.05) is 20.3 Å². The first-order chi connectivity index (χ1) is 11.2. The molecule has 1 aliphatic heterocycles. The molecule has 0 aliphatic carbocycles. The summed E-state index contributed by atoms with van der Waals surface area (Å²) in [6, 6.07) is 11.0. The third-order valence-electron chi connectivity index (χ3n) is 4.61. The van der Waals surface area contributed by atoms with E-state index in [1.165, 1.54) is 27.8 Å². The molecule has 0 saturated carbocycles. The van der Waals surface area contributed by atoms with Crippen molar-refractivity contribution in [3.63, 3.8) is 0 Å². The molecule has 122 valence electrons. The lowest BCUT2D eigenvalue weighted by molar-refractivity contribution is 0.309. The van der Waals surface area contributed by atoms with E-state index in [0.717, 1.165) is 24.5 Å². The molecule has 3 heteroatoms. The number of hydrogen-bond acceptors (Lipinski definition) is 3. The molecule has 2 aromatic rings. The lowest BCUT2D eigenvalue weighted by Crippen LogP contribution is -2.31. The van der Waals surface area contributed by atoms with Crippen molar-refractivity contribution in [3.05, 3.63) is 58.1 Å². The van der Waals surface area contributed by atoms with Crippen LogP contribution in [0.4, 0.5) is 0 Å². The molecule has 3 nitrogen and oxygen atoms in total. The van der Waals surface area contributed by atoms with Crippen LogP contribution in [0.15, 0.2) is 30.3 Å². The van der Waals surface area contributed by atoms with Crippen molar-refractivity contribution in [1.82, 2.24) is 5.32 Å². The molecule has 3 rings (SSSR count). The van der Waals surface area contributed by atoms with Crippen LogP contribution in [-0.2, 0) is 6.42 Å². The zero-order valence-electron chi connectivity index (χ0n) is 14.4. The summed E-state index contributed by atoms with van der Waals surface area (Å²) in [5.41, 5.74) is 6.67. The standard InChI is InChI=1S/C20H25NO2/c1-5-23-18-12-16-15(11-17(18)22-4)9-10-21-20(16)19-13(2)7-6-8-14(19)3/h6-8,11-12,20-21H,5,9-10H2,1-4H3. The molecule has 23 heavy (non-hydrogen) atoms. The summed E-state index contributed by atoms with van der Waals surface area (Å²) in [6.45, 7) is 7.98. The van der Waals surface area contributed by atoms with Gasteiger partial charge < -0.3 is 14.8 Å². The first kappa shape index (κ1) is 15.9. The smallest absolute Gasteiger partial charge is 0.161 e. The molecule has 2 aromatic carbocycles. The molecule has 1 atom stereocenters. The normalized spacial score (nSPS) is 16.8. The largest absolute Gasteiger partial charge is 0.493 e. The van der Waals surface area contributed by atoms with Gasteiger partial charge in [0, 0.05) is 6.54 Å². The average molecular weight is 311 g/mol. The lowest BCUT2D eigenvalue weighted by atomic mass is 9.85. The molecule has 0 spiro atoms. The molecule has 0 radical (unpaired) electrons. The Kier molecular flexibility index (Phi) is 4.58. The predicted octanol–water partition coefficient (Wildman–Crippen LogP) is 3.95. The summed E-state index contributed by atoms with van der Waals surface area (Å²) in [6.07, 6.45) is 1.01. The SMILES string of the molecule is CCOc1cc2c(cc1OC)CCNC2c1c(C)cccc1C. The van der Waals surface area contributed by atoms with E-state index < -0.39 is 0 Å². The van der Waals surface area contributed by atoms with E-state index in [2.05, 4.69) is 49.5 Å². The Morgan fingerprint density at radius 3 is 2.52 bits per heavy atom. The third-order valence-corrected chi connectivity index (χ3v) is 4.61. The Labute approximate surface area is 138 Å². The monoisotopic (exact) mass is 311 g/mol. The van der Waals surface area contributed by atoms with Gasteiger partial charge in [-0.2, -0.15) is 0 Å². The number of fused-ring (bicyclic) bond motifs is 1. The highest BCUT2D eigenvalue weighted by Gasteiger charge is 2.26. The number of methoxy groups -OCH3 is 1. The Morgan fingerprint density at radius 2 is 1.87 bits per heavy atom. The summed E-state index contributed by atoms with van der Waals surface area (Å²) in [5.74, 6) is 1.65. The van der Waals surface area contributed by atoms with E-state index in [9.17, 15) is 0 Å². The van der Waals surface area contributed by atoms with E-state index in [-0.39, 0.29) is 6.04 Å². The van der Waals surface area contributed by atoms with Gasteiger partial charge in [0.2, 0.25) is 0 Å². The summed E-state index contributed by atoms with van der Waals surface area (Å²) >= 11 is 0. The van der Waals surface area contributed by atoms with Gasteiger partial charge >= 0.3 is 0 Å². The second-order valence-electron chi connectivity index (χ2n) is 6.08. The third kappa shape index (κ3) is 2.93. The first-order valence-electron chi connectivity index (χ1n) is 8.28. The zero-order valence-corrected chi connectivity index (χ0v) is 14.4. The minimum Gasteiger partial charge on any atom is -0.493 e. The van der Waals surface area contributed by atoms with Gasteiger partial charge in [-0.1, -0.05) is 18.2 Å². The Morgan fingerprint density at radius 1 is 1.13 bits per heavy atom. The highest BCUT2D eigenvalue weighted by Crippen LogP contribution is 2.39. The van der Waals surface area contributed by atoms with E-state index in [1.807, 2.05) is 6.92 Å². The Hall–Kier alpha value is -2.00. The molecular weight excluding hydrogens is 286 g/mol. The number of benzene rings is 2. The van der Waals surface area contributed by atoms with Crippen LogP contribution in [0.1, 0.15) is 40.8 Å². The maximum atomic E-state index is 5.79. The van der Waals surface area contributed by atoms with Crippen LogP contribution in [0, 0.1) is 13.8 Å². The molecule has 0 amide bonds. The predicted molar refractivity (Wildman–Crippen MR) is 93.6 cm³/mol. The van der Waals surface area contributed by atoms with Crippen molar-refractivity contribution in [2.24, 2.45) is 0 Å². The van der Waals surface area contributed by atoms with E-state index >= 15 is 0 Å².